The molecule has 1 aliphatic carbocycles. The average molecular weight is 315 g/mol. The summed E-state index contributed by atoms with van der Waals surface area (Å²) in [6.45, 7) is 3.58. The van der Waals surface area contributed by atoms with Gasteiger partial charge in [-0.25, -0.2) is 4.79 Å². The third-order valence-corrected chi connectivity index (χ3v) is 5.33. The van der Waals surface area contributed by atoms with Gasteiger partial charge in [-0.3, -0.25) is 4.79 Å². The fourth-order valence-corrected chi connectivity index (χ4v) is 4.02. The molecule has 23 heavy (non-hydrogen) atoms. The van der Waals surface area contributed by atoms with Gasteiger partial charge in [0.05, 0.1) is 5.56 Å². The zero-order chi connectivity index (χ0) is 16.4. The van der Waals surface area contributed by atoms with E-state index in [1.54, 1.807) is 12.1 Å². The zero-order valence-corrected chi connectivity index (χ0v) is 13.8. The van der Waals surface area contributed by atoms with Gasteiger partial charge in [-0.2, -0.15) is 0 Å². The molecule has 0 aromatic heterocycles. The van der Waals surface area contributed by atoms with Crippen molar-refractivity contribution >= 4 is 11.9 Å². The van der Waals surface area contributed by atoms with Crippen LogP contribution in [0.15, 0.2) is 18.2 Å². The molecule has 2 atom stereocenters. The van der Waals surface area contributed by atoms with Gasteiger partial charge in [0.25, 0.3) is 0 Å². The van der Waals surface area contributed by atoms with Crippen molar-refractivity contribution in [3.63, 3.8) is 0 Å². The third kappa shape index (κ3) is 3.74. The summed E-state index contributed by atoms with van der Waals surface area (Å²) < 4.78 is 0. The number of amides is 1. The Morgan fingerprint density at radius 2 is 2.09 bits per heavy atom. The lowest BCUT2D eigenvalue weighted by molar-refractivity contribution is -0.133. The summed E-state index contributed by atoms with van der Waals surface area (Å²) in [5.41, 5.74) is 2.46. The highest BCUT2D eigenvalue weighted by molar-refractivity contribution is 5.88. The van der Waals surface area contributed by atoms with E-state index in [0.29, 0.717) is 24.4 Å². The highest BCUT2D eigenvalue weighted by atomic mass is 16.4. The van der Waals surface area contributed by atoms with Gasteiger partial charge < -0.3 is 10.0 Å². The first-order valence-electron chi connectivity index (χ1n) is 8.66. The van der Waals surface area contributed by atoms with Gasteiger partial charge in [-0.05, 0) is 54.4 Å². The van der Waals surface area contributed by atoms with Gasteiger partial charge in [-0.1, -0.05) is 25.8 Å². The Morgan fingerprint density at radius 1 is 1.26 bits per heavy atom. The highest BCUT2D eigenvalue weighted by Gasteiger charge is 2.26. The summed E-state index contributed by atoms with van der Waals surface area (Å²) >= 11 is 0. The summed E-state index contributed by atoms with van der Waals surface area (Å²) in [6, 6.07) is 5.27. The van der Waals surface area contributed by atoms with Gasteiger partial charge in [-0.15, -0.1) is 0 Å². The van der Waals surface area contributed by atoms with Crippen LogP contribution in [-0.2, 0) is 17.8 Å². The number of carbonyl (C=O) groups excluding carboxylic acids is 1. The van der Waals surface area contributed by atoms with Crippen molar-refractivity contribution in [2.45, 2.75) is 52.0 Å². The Kier molecular flexibility index (Phi) is 4.69. The number of hydrogen-bond donors (Lipinski definition) is 1. The van der Waals surface area contributed by atoms with Crippen LogP contribution in [0.3, 0.4) is 0 Å². The molecule has 1 N–H and O–H groups in total. The fourth-order valence-electron chi connectivity index (χ4n) is 4.02. The molecule has 124 valence electrons. The van der Waals surface area contributed by atoms with Crippen molar-refractivity contribution in [1.29, 1.82) is 0 Å². The van der Waals surface area contributed by atoms with Gasteiger partial charge >= 0.3 is 5.97 Å². The number of fused-ring (bicyclic) bond motifs is 1. The Labute approximate surface area is 137 Å². The normalized spacial score (nSPS) is 24.1. The van der Waals surface area contributed by atoms with Crippen molar-refractivity contribution in [2.75, 3.05) is 6.54 Å². The molecule has 1 fully saturated rings. The van der Waals surface area contributed by atoms with Crippen molar-refractivity contribution in [1.82, 2.24) is 4.90 Å². The maximum atomic E-state index is 12.6. The minimum absolute atomic E-state index is 0.232. The molecule has 1 heterocycles. The first-order chi connectivity index (χ1) is 11.0. The SMILES string of the molecule is CC1CCCC(CC(=O)N2CCc3ccc(C(=O)O)cc3C2)C1. The Bertz CT molecular complexity index is 611. The van der Waals surface area contributed by atoms with Crippen molar-refractivity contribution in [2.24, 2.45) is 11.8 Å². The lowest BCUT2D eigenvalue weighted by atomic mass is 9.80. The number of aromatic carboxylic acids is 1. The van der Waals surface area contributed by atoms with E-state index in [1.165, 1.54) is 31.2 Å². The van der Waals surface area contributed by atoms with Crippen LogP contribution in [0.4, 0.5) is 0 Å². The molecular weight excluding hydrogens is 290 g/mol. The minimum atomic E-state index is -0.910. The fraction of sp³-hybridized carbons (Fsp3) is 0.579. The molecule has 3 rings (SSSR count). The summed E-state index contributed by atoms with van der Waals surface area (Å²) in [6.07, 6.45) is 6.34. The van der Waals surface area contributed by atoms with E-state index >= 15 is 0 Å². The molecule has 2 aliphatic rings. The molecule has 1 aromatic carbocycles. The van der Waals surface area contributed by atoms with E-state index in [0.717, 1.165) is 24.4 Å². The molecule has 4 nitrogen and oxygen atoms in total. The van der Waals surface area contributed by atoms with Crippen LogP contribution in [0.5, 0.6) is 0 Å². The van der Waals surface area contributed by atoms with Crippen LogP contribution in [0.25, 0.3) is 0 Å². The standard InChI is InChI=1S/C19H25NO3/c1-13-3-2-4-14(9-13)10-18(21)20-8-7-15-5-6-16(19(22)23)11-17(15)12-20/h5-6,11,13-14H,2-4,7-10,12H2,1H3,(H,22,23). The topological polar surface area (TPSA) is 57.6 Å². The molecule has 1 saturated carbocycles. The molecule has 1 aliphatic heterocycles. The second-order valence-corrected chi connectivity index (χ2v) is 7.20. The van der Waals surface area contributed by atoms with Crippen LogP contribution < -0.4 is 0 Å². The lowest BCUT2D eigenvalue weighted by Gasteiger charge is -2.32. The molecule has 1 aromatic rings. The maximum Gasteiger partial charge on any atom is 0.335 e. The first-order valence-corrected chi connectivity index (χ1v) is 8.66. The highest BCUT2D eigenvalue weighted by Crippen LogP contribution is 2.31. The number of carbonyl (C=O) groups is 2. The van der Waals surface area contributed by atoms with Crippen LogP contribution >= 0.6 is 0 Å². The van der Waals surface area contributed by atoms with Crippen molar-refractivity contribution in [3.05, 3.63) is 34.9 Å². The predicted molar refractivity (Wildman–Crippen MR) is 88.3 cm³/mol. The number of rotatable bonds is 3. The number of nitrogens with zero attached hydrogens (tertiary/aromatic N) is 1. The minimum Gasteiger partial charge on any atom is -0.478 e. The van der Waals surface area contributed by atoms with Crippen molar-refractivity contribution < 1.29 is 14.7 Å². The van der Waals surface area contributed by atoms with Gasteiger partial charge in [0.2, 0.25) is 5.91 Å². The molecule has 0 saturated heterocycles. The number of benzene rings is 1. The van der Waals surface area contributed by atoms with Crippen LogP contribution in [0.1, 0.15) is 60.5 Å². The lowest BCUT2D eigenvalue weighted by Crippen LogP contribution is -2.37. The number of carboxylic acid groups (broad SMARTS) is 1. The second kappa shape index (κ2) is 6.73. The Morgan fingerprint density at radius 3 is 2.83 bits per heavy atom. The molecule has 1 amide bonds. The summed E-state index contributed by atoms with van der Waals surface area (Å²) in [7, 11) is 0. The van der Waals surface area contributed by atoms with E-state index in [9.17, 15) is 9.59 Å². The monoisotopic (exact) mass is 315 g/mol. The van der Waals surface area contributed by atoms with E-state index in [-0.39, 0.29) is 5.91 Å². The van der Waals surface area contributed by atoms with Crippen LogP contribution in [0.2, 0.25) is 0 Å². The summed E-state index contributed by atoms with van der Waals surface area (Å²) in [4.78, 5) is 25.6. The van der Waals surface area contributed by atoms with E-state index in [4.69, 9.17) is 5.11 Å². The van der Waals surface area contributed by atoms with Gasteiger partial charge in [0.15, 0.2) is 0 Å². The smallest absolute Gasteiger partial charge is 0.335 e. The largest absolute Gasteiger partial charge is 0.478 e. The van der Waals surface area contributed by atoms with E-state index in [1.807, 2.05) is 11.0 Å². The summed E-state index contributed by atoms with van der Waals surface area (Å²) in [5, 5.41) is 9.12. The molecule has 0 spiro atoms. The van der Waals surface area contributed by atoms with Crippen molar-refractivity contribution in [3.8, 4) is 0 Å². The van der Waals surface area contributed by atoms with Gasteiger partial charge in [0.1, 0.15) is 0 Å². The zero-order valence-electron chi connectivity index (χ0n) is 13.8. The molecular formula is C19H25NO3. The quantitative estimate of drug-likeness (QED) is 0.929. The third-order valence-electron chi connectivity index (χ3n) is 5.33. The predicted octanol–water partition coefficient (Wildman–Crippen LogP) is 3.49. The Balaban J connectivity index is 1.65. The van der Waals surface area contributed by atoms with Crippen LogP contribution in [0, 0.1) is 11.8 Å². The van der Waals surface area contributed by atoms with E-state index < -0.39 is 5.97 Å². The summed E-state index contributed by atoms with van der Waals surface area (Å²) in [5.74, 6) is 0.586. The number of hydrogen-bond acceptors (Lipinski definition) is 2. The number of carboxylic acids is 1. The molecule has 0 bridgehead atoms. The molecule has 2 unspecified atom stereocenters. The van der Waals surface area contributed by atoms with Gasteiger partial charge in [0, 0.05) is 19.5 Å². The maximum absolute atomic E-state index is 12.6. The van der Waals surface area contributed by atoms with E-state index in [2.05, 4.69) is 6.92 Å². The second-order valence-electron chi connectivity index (χ2n) is 7.20. The Hall–Kier alpha value is -1.84. The molecule has 0 radical (unpaired) electrons. The van der Waals surface area contributed by atoms with Crippen LogP contribution in [-0.4, -0.2) is 28.4 Å². The average Bonchev–Trinajstić information content (AvgIpc) is 2.53. The molecule has 4 heteroatoms. The first kappa shape index (κ1) is 16.0.